The maximum Gasteiger partial charge on any atom is 0.183 e. The predicted molar refractivity (Wildman–Crippen MR) is 111 cm³/mol. The molecule has 3 unspecified atom stereocenters. The van der Waals surface area contributed by atoms with E-state index in [1.54, 1.807) is 13.2 Å². The van der Waals surface area contributed by atoms with E-state index in [1.165, 1.54) is 0 Å². The average molecular weight is 395 g/mol. The fourth-order valence-corrected chi connectivity index (χ4v) is 4.55. The molecule has 0 radical (unpaired) electrons. The van der Waals surface area contributed by atoms with Crippen molar-refractivity contribution in [2.75, 3.05) is 7.11 Å². The molecule has 0 N–H and O–H groups in total. The molecule has 0 aromatic heterocycles. The van der Waals surface area contributed by atoms with Crippen LogP contribution >= 0.6 is 11.6 Å². The van der Waals surface area contributed by atoms with Gasteiger partial charge in [0.25, 0.3) is 0 Å². The van der Waals surface area contributed by atoms with Gasteiger partial charge in [-0.3, -0.25) is 9.59 Å². The minimum absolute atomic E-state index is 0.0133. The number of rotatable bonds is 4. The Hall–Kier alpha value is -2.23. The number of aryl methyl sites for hydroxylation is 1. The number of allylic oxidation sites excluding steroid dienone is 1. The number of ether oxygens (including phenoxy) is 1. The zero-order valence-electron chi connectivity index (χ0n) is 16.1. The van der Waals surface area contributed by atoms with E-state index < -0.39 is 11.5 Å². The van der Waals surface area contributed by atoms with Gasteiger partial charge in [-0.2, -0.15) is 0 Å². The van der Waals surface area contributed by atoms with Gasteiger partial charge in [-0.1, -0.05) is 48.9 Å². The van der Waals surface area contributed by atoms with Gasteiger partial charge in [-0.25, -0.2) is 0 Å². The second kappa shape index (κ2) is 7.31. The van der Waals surface area contributed by atoms with Crippen molar-refractivity contribution >= 4 is 23.2 Å². The van der Waals surface area contributed by atoms with E-state index in [9.17, 15) is 9.59 Å². The summed E-state index contributed by atoms with van der Waals surface area (Å²) in [5, 5.41) is 0.674. The van der Waals surface area contributed by atoms with E-state index >= 15 is 0 Å². The maximum absolute atomic E-state index is 13.5. The molecule has 2 aromatic rings. The number of Topliss-reactive ketones (excluding diaryl/α,β-unsaturated/α-hetero) is 2. The number of ketones is 2. The van der Waals surface area contributed by atoms with Crippen molar-refractivity contribution in [1.82, 2.24) is 0 Å². The van der Waals surface area contributed by atoms with Crippen molar-refractivity contribution in [3.63, 3.8) is 0 Å². The number of carbonyl (C=O) groups is 2. The van der Waals surface area contributed by atoms with E-state index in [4.69, 9.17) is 16.3 Å². The predicted octanol–water partition coefficient (Wildman–Crippen LogP) is 5.16. The Kier molecular flexibility index (Phi) is 4.98. The first-order valence-corrected chi connectivity index (χ1v) is 10.1. The minimum atomic E-state index is -0.991. The lowest BCUT2D eigenvalue weighted by Gasteiger charge is -2.30. The van der Waals surface area contributed by atoms with E-state index in [2.05, 4.69) is 0 Å². The van der Waals surface area contributed by atoms with Crippen LogP contribution in [0.3, 0.4) is 0 Å². The van der Waals surface area contributed by atoms with Crippen LogP contribution in [-0.4, -0.2) is 24.3 Å². The molecule has 1 saturated carbocycles. The summed E-state index contributed by atoms with van der Waals surface area (Å²) in [6.07, 6.45) is 5.64. The molecule has 0 spiro atoms. The third-order valence-corrected chi connectivity index (χ3v) is 6.39. The van der Waals surface area contributed by atoms with Crippen molar-refractivity contribution in [1.29, 1.82) is 0 Å². The average Bonchev–Trinajstić information content (AvgIpc) is 2.90. The molecule has 3 aliphatic rings. The minimum Gasteiger partial charge on any atom is -0.366 e. The van der Waals surface area contributed by atoms with Gasteiger partial charge in [0.2, 0.25) is 0 Å². The van der Waals surface area contributed by atoms with Crippen molar-refractivity contribution in [2.45, 2.75) is 37.7 Å². The first-order valence-electron chi connectivity index (χ1n) is 9.70. The van der Waals surface area contributed by atoms with Crippen LogP contribution in [0.2, 0.25) is 5.02 Å². The summed E-state index contributed by atoms with van der Waals surface area (Å²) in [4.78, 5) is 26.8. The van der Waals surface area contributed by atoms with Crippen LogP contribution in [0.15, 0.2) is 54.6 Å². The van der Waals surface area contributed by atoms with Crippen molar-refractivity contribution in [3.05, 3.63) is 70.8 Å². The lowest BCUT2D eigenvalue weighted by atomic mass is 9.80. The summed E-state index contributed by atoms with van der Waals surface area (Å²) in [6, 6.07) is 13.6. The number of fused-ring (bicyclic) bond motifs is 3. The molecule has 0 aliphatic heterocycles. The van der Waals surface area contributed by atoms with Crippen molar-refractivity contribution in [3.8, 4) is 11.1 Å². The van der Waals surface area contributed by atoms with Crippen LogP contribution < -0.4 is 0 Å². The highest BCUT2D eigenvalue weighted by Gasteiger charge is 2.51. The van der Waals surface area contributed by atoms with Crippen LogP contribution in [0.5, 0.6) is 0 Å². The highest BCUT2D eigenvalue weighted by Crippen LogP contribution is 2.43. The van der Waals surface area contributed by atoms with Crippen molar-refractivity contribution < 1.29 is 14.3 Å². The van der Waals surface area contributed by atoms with E-state index in [0.29, 0.717) is 17.9 Å². The number of carbonyl (C=O) groups excluding carboxylic acids is 2. The molecule has 3 aliphatic carbocycles. The molecule has 3 atom stereocenters. The second-order valence-electron chi connectivity index (χ2n) is 7.57. The Morgan fingerprint density at radius 1 is 1.11 bits per heavy atom. The summed E-state index contributed by atoms with van der Waals surface area (Å²) in [7, 11) is 1.56. The SMILES string of the molecule is CCc1ccc(-c2ccc(Cl)cc2)cc1C1C(=O)C2C=CC(OC)(CC2)C1=O. The van der Waals surface area contributed by atoms with Gasteiger partial charge in [-0.05, 0) is 65.8 Å². The smallest absolute Gasteiger partial charge is 0.183 e. The summed E-state index contributed by atoms with van der Waals surface area (Å²) >= 11 is 6.02. The van der Waals surface area contributed by atoms with E-state index in [0.717, 1.165) is 28.7 Å². The maximum atomic E-state index is 13.5. The largest absolute Gasteiger partial charge is 0.366 e. The van der Waals surface area contributed by atoms with Gasteiger partial charge in [0.15, 0.2) is 11.6 Å². The Morgan fingerprint density at radius 2 is 1.82 bits per heavy atom. The number of benzene rings is 2. The Balaban J connectivity index is 1.85. The summed E-state index contributed by atoms with van der Waals surface area (Å²) in [5.74, 6) is -1.16. The van der Waals surface area contributed by atoms with Crippen LogP contribution in [-0.2, 0) is 20.7 Å². The van der Waals surface area contributed by atoms with Gasteiger partial charge >= 0.3 is 0 Å². The highest BCUT2D eigenvalue weighted by molar-refractivity contribution is 6.30. The molecular weight excluding hydrogens is 372 g/mol. The molecular formula is C24H23ClO3. The molecule has 3 nitrogen and oxygen atoms in total. The lowest BCUT2D eigenvalue weighted by molar-refractivity contribution is -0.139. The quantitative estimate of drug-likeness (QED) is 0.531. The van der Waals surface area contributed by atoms with Crippen molar-refractivity contribution in [2.24, 2.45) is 5.92 Å². The van der Waals surface area contributed by atoms with Gasteiger partial charge in [-0.15, -0.1) is 0 Å². The molecule has 0 saturated heterocycles. The molecule has 28 heavy (non-hydrogen) atoms. The molecule has 1 fully saturated rings. The number of methoxy groups -OCH3 is 1. The monoisotopic (exact) mass is 394 g/mol. The van der Waals surface area contributed by atoms with Gasteiger partial charge in [0.05, 0.1) is 0 Å². The van der Waals surface area contributed by atoms with Gasteiger partial charge < -0.3 is 4.74 Å². The third-order valence-electron chi connectivity index (χ3n) is 6.13. The van der Waals surface area contributed by atoms with E-state index in [-0.39, 0.29) is 17.5 Å². The number of hydrogen-bond acceptors (Lipinski definition) is 3. The summed E-state index contributed by atoms with van der Waals surface area (Å²) in [6.45, 7) is 2.05. The second-order valence-corrected chi connectivity index (χ2v) is 8.01. The Bertz CT molecular complexity index is 960. The molecule has 0 heterocycles. The fraction of sp³-hybridized carbons (Fsp3) is 0.333. The first-order chi connectivity index (χ1) is 13.5. The van der Waals surface area contributed by atoms with Gasteiger partial charge in [0.1, 0.15) is 11.5 Å². The molecule has 4 heteroatoms. The Morgan fingerprint density at radius 3 is 2.43 bits per heavy atom. The molecule has 2 aromatic carbocycles. The summed E-state index contributed by atoms with van der Waals surface area (Å²) in [5.41, 5.74) is 2.82. The topological polar surface area (TPSA) is 43.4 Å². The van der Waals surface area contributed by atoms with Crippen LogP contribution in [0, 0.1) is 5.92 Å². The summed E-state index contributed by atoms with van der Waals surface area (Å²) < 4.78 is 5.66. The van der Waals surface area contributed by atoms with Gasteiger partial charge in [0, 0.05) is 18.1 Å². The lowest BCUT2D eigenvalue weighted by Crippen LogP contribution is -2.42. The molecule has 5 rings (SSSR count). The zero-order chi connectivity index (χ0) is 19.9. The number of halogens is 1. The standard InChI is InChI=1S/C24H23ClO3/c1-3-15-4-5-18(16-6-8-19(25)9-7-16)14-20(15)21-22(26)17-10-12-24(28-2,13-11-17)23(21)27/h4-10,12,14,17,21H,3,11,13H2,1-2H3. The highest BCUT2D eigenvalue weighted by atomic mass is 35.5. The zero-order valence-corrected chi connectivity index (χ0v) is 16.8. The normalized spacial score (nSPS) is 26.5. The third kappa shape index (κ3) is 3.03. The molecule has 144 valence electrons. The van der Waals surface area contributed by atoms with Crippen LogP contribution in [0.4, 0.5) is 0 Å². The number of hydrogen-bond donors (Lipinski definition) is 0. The fourth-order valence-electron chi connectivity index (χ4n) is 4.42. The first kappa shape index (κ1) is 19.1. The van der Waals surface area contributed by atoms with E-state index in [1.807, 2.05) is 55.5 Å². The molecule has 0 amide bonds. The van der Waals surface area contributed by atoms with Crippen LogP contribution in [0.1, 0.15) is 36.8 Å². The molecule has 2 bridgehead atoms. The van der Waals surface area contributed by atoms with Crippen LogP contribution in [0.25, 0.3) is 11.1 Å². The Labute approximate surface area is 170 Å².